The van der Waals surface area contributed by atoms with Gasteiger partial charge in [0.05, 0.1) is 6.54 Å². The van der Waals surface area contributed by atoms with Gasteiger partial charge in [-0.15, -0.1) is 0 Å². The molecule has 2 heterocycles. The van der Waals surface area contributed by atoms with E-state index >= 15 is 0 Å². The largest absolute Gasteiger partial charge is 0.480 e. The molecule has 0 spiro atoms. The molecule has 0 saturated heterocycles. The molecule has 1 amide bonds. The van der Waals surface area contributed by atoms with Crippen LogP contribution in [0.3, 0.4) is 0 Å². The fraction of sp³-hybridized carbons (Fsp3) is 0.200. The van der Waals surface area contributed by atoms with Crippen molar-refractivity contribution in [1.29, 1.82) is 0 Å². The number of rotatable bonds is 5. The third-order valence-electron chi connectivity index (χ3n) is 4.45. The van der Waals surface area contributed by atoms with Gasteiger partial charge in [0.1, 0.15) is 5.75 Å². The number of hydrogen-bond acceptors (Lipinski definition) is 3. The van der Waals surface area contributed by atoms with Crippen LogP contribution in [0.5, 0.6) is 5.75 Å². The fourth-order valence-electron chi connectivity index (χ4n) is 3.11. The average Bonchev–Trinajstić information content (AvgIpc) is 3.30. The van der Waals surface area contributed by atoms with Gasteiger partial charge in [0.2, 0.25) is 0 Å². The highest BCUT2D eigenvalue weighted by molar-refractivity contribution is 6.30. The molecular formula is C20H18ClN3O2. The predicted octanol–water partition coefficient (Wildman–Crippen LogP) is 3.20. The van der Waals surface area contributed by atoms with E-state index in [1.807, 2.05) is 53.3 Å². The van der Waals surface area contributed by atoms with Crippen LogP contribution in [0, 0.1) is 0 Å². The normalized spacial score (nSPS) is 15.3. The molecule has 4 rings (SSSR count). The Balaban J connectivity index is 1.40. The molecule has 0 bridgehead atoms. The van der Waals surface area contributed by atoms with E-state index < -0.39 is 6.10 Å². The van der Waals surface area contributed by atoms with Crippen LogP contribution < -0.4 is 10.1 Å². The monoisotopic (exact) mass is 367 g/mol. The summed E-state index contributed by atoms with van der Waals surface area (Å²) in [6.45, 7) is 1.12. The molecule has 0 radical (unpaired) electrons. The number of carbonyl (C=O) groups is 1. The number of hydrogen-bond donors (Lipinski definition) is 1. The molecule has 5 nitrogen and oxygen atoms in total. The summed E-state index contributed by atoms with van der Waals surface area (Å²) in [7, 11) is 0. The Labute approximate surface area is 156 Å². The van der Waals surface area contributed by atoms with Crippen molar-refractivity contribution in [2.24, 2.45) is 0 Å². The van der Waals surface area contributed by atoms with Crippen molar-refractivity contribution in [2.45, 2.75) is 25.6 Å². The van der Waals surface area contributed by atoms with Crippen molar-refractivity contribution in [3.8, 4) is 5.75 Å². The molecule has 0 unspecified atom stereocenters. The lowest BCUT2D eigenvalue weighted by Gasteiger charge is -2.14. The number of halogens is 1. The van der Waals surface area contributed by atoms with Crippen LogP contribution in [-0.4, -0.2) is 21.8 Å². The van der Waals surface area contributed by atoms with Gasteiger partial charge in [-0.1, -0.05) is 35.9 Å². The van der Waals surface area contributed by atoms with Gasteiger partial charge in [-0.3, -0.25) is 9.48 Å². The van der Waals surface area contributed by atoms with Gasteiger partial charge < -0.3 is 10.1 Å². The summed E-state index contributed by atoms with van der Waals surface area (Å²) in [5, 5.41) is 7.88. The van der Waals surface area contributed by atoms with Crippen molar-refractivity contribution in [2.75, 3.05) is 0 Å². The molecule has 1 aromatic heterocycles. The Morgan fingerprint density at radius 1 is 1.23 bits per heavy atom. The number of carbonyl (C=O) groups excluding carboxylic acids is 1. The zero-order valence-electron chi connectivity index (χ0n) is 14.1. The third kappa shape index (κ3) is 3.58. The first-order valence-electron chi connectivity index (χ1n) is 8.46. The maximum absolute atomic E-state index is 12.5. The summed E-state index contributed by atoms with van der Waals surface area (Å²) in [4.78, 5) is 12.5. The minimum absolute atomic E-state index is 0.119. The Kier molecular flexibility index (Phi) is 4.63. The summed E-state index contributed by atoms with van der Waals surface area (Å²) < 4.78 is 7.61. The number of nitrogens with zero attached hydrogens (tertiary/aromatic N) is 2. The van der Waals surface area contributed by atoms with Crippen molar-refractivity contribution >= 4 is 17.5 Å². The minimum Gasteiger partial charge on any atom is -0.480 e. The highest BCUT2D eigenvalue weighted by Crippen LogP contribution is 2.31. The Bertz CT molecular complexity index is 925. The molecule has 1 atom stereocenters. The van der Waals surface area contributed by atoms with Gasteiger partial charge in [0.15, 0.2) is 6.10 Å². The molecule has 26 heavy (non-hydrogen) atoms. The summed E-state index contributed by atoms with van der Waals surface area (Å²) in [6.07, 6.45) is 3.70. The Hall–Kier alpha value is -2.79. The van der Waals surface area contributed by atoms with Crippen LogP contribution in [0.2, 0.25) is 5.02 Å². The Morgan fingerprint density at radius 2 is 2.08 bits per heavy atom. The van der Waals surface area contributed by atoms with Crippen LogP contribution in [-0.2, 0) is 24.3 Å². The molecular weight excluding hydrogens is 350 g/mol. The second-order valence-electron chi connectivity index (χ2n) is 6.25. The summed E-state index contributed by atoms with van der Waals surface area (Å²) >= 11 is 6.00. The van der Waals surface area contributed by atoms with Crippen LogP contribution in [0.15, 0.2) is 60.9 Å². The van der Waals surface area contributed by atoms with E-state index in [4.69, 9.17) is 16.3 Å². The van der Waals surface area contributed by atoms with Gasteiger partial charge in [-0.05, 0) is 41.0 Å². The first-order valence-corrected chi connectivity index (χ1v) is 8.84. The smallest absolute Gasteiger partial charge is 0.261 e. The average molecular weight is 368 g/mol. The van der Waals surface area contributed by atoms with Crippen LogP contribution in [0.1, 0.15) is 16.7 Å². The molecule has 1 aliphatic heterocycles. The number of benzene rings is 2. The van der Waals surface area contributed by atoms with E-state index in [0.717, 1.165) is 22.4 Å². The molecule has 1 N–H and O–H groups in total. The van der Waals surface area contributed by atoms with E-state index in [0.29, 0.717) is 24.5 Å². The maximum Gasteiger partial charge on any atom is 0.261 e. The number of amides is 1. The second-order valence-corrected chi connectivity index (χ2v) is 6.69. The van der Waals surface area contributed by atoms with Gasteiger partial charge in [0.25, 0.3) is 5.91 Å². The zero-order chi connectivity index (χ0) is 17.9. The van der Waals surface area contributed by atoms with Crippen molar-refractivity contribution in [1.82, 2.24) is 15.1 Å². The number of nitrogens with one attached hydrogen (secondary N) is 1. The molecule has 3 aromatic rings. The van der Waals surface area contributed by atoms with Crippen molar-refractivity contribution in [3.05, 3.63) is 82.6 Å². The lowest BCUT2D eigenvalue weighted by atomic mass is 10.1. The van der Waals surface area contributed by atoms with Crippen molar-refractivity contribution in [3.63, 3.8) is 0 Å². The Morgan fingerprint density at radius 3 is 2.88 bits per heavy atom. The van der Waals surface area contributed by atoms with Crippen molar-refractivity contribution < 1.29 is 9.53 Å². The van der Waals surface area contributed by atoms with Gasteiger partial charge in [-0.25, -0.2) is 0 Å². The summed E-state index contributed by atoms with van der Waals surface area (Å²) in [5.74, 6) is 0.611. The summed E-state index contributed by atoms with van der Waals surface area (Å²) in [6, 6.07) is 15.4. The quantitative estimate of drug-likeness (QED) is 0.753. The fourth-order valence-corrected chi connectivity index (χ4v) is 3.31. The number of aromatic nitrogens is 2. The lowest BCUT2D eigenvalue weighted by molar-refractivity contribution is -0.127. The number of fused-ring (bicyclic) bond motifs is 1. The summed E-state index contributed by atoms with van der Waals surface area (Å²) in [5.41, 5.74) is 3.16. The molecule has 2 aromatic carbocycles. The highest BCUT2D eigenvalue weighted by Gasteiger charge is 2.29. The van der Waals surface area contributed by atoms with Gasteiger partial charge in [-0.2, -0.15) is 5.10 Å². The molecule has 1 aliphatic rings. The molecule has 0 saturated carbocycles. The topological polar surface area (TPSA) is 56.2 Å². The highest BCUT2D eigenvalue weighted by atomic mass is 35.5. The molecule has 0 aliphatic carbocycles. The van der Waals surface area contributed by atoms with Crippen LogP contribution in [0.4, 0.5) is 0 Å². The standard InChI is InChI=1S/C20H18ClN3O2/c21-17-6-7-18-16(10-17)11-19(26-18)20(25)22-12-14-4-1-2-5-15(14)13-24-9-3-8-23-24/h1-10,19H,11-13H2,(H,22,25)/t19-/m0/s1. The van der Waals surface area contributed by atoms with E-state index in [1.54, 1.807) is 12.3 Å². The molecule has 6 heteroatoms. The minimum atomic E-state index is -0.512. The van der Waals surface area contributed by atoms with E-state index in [2.05, 4.69) is 10.4 Å². The SMILES string of the molecule is O=C(NCc1ccccc1Cn1cccn1)[C@@H]1Cc2cc(Cl)ccc2O1. The van der Waals surface area contributed by atoms with E-state index in [9.17, 15) is 4.79 Å². The van der Waals surface area contributed by atoms with E-state index in [1.165, 1.54) is 0 Å². The van der Waals surface area contributed by atoms with Gasteiger partial charge >= 0.3 is 0 Å². The first kappa shape index (κ1) is 16.7. The first-order chi connectivity index (χ1) is 12.7. The molecule has 132 valence electrons. The zero-order valence-corrected chi connectivity index (χ0v) is 14.8. The molecule has 0 fully saturated rings. The predicted molar refractivity (Wildman–Crippen MR) is 99.2 cm³/mol. The lowest BCUT2D eigenvalue weighted by Crippen LogP contribution is -2.37. The maximum atomic E-state index is 12.5. The van der Waals surface area contributed by atoms with Gasteiger partial charge in [0, 0.05) is 30.4 Å². The second kappa shape index (κ2) is 7.22. The number of ether oxygens (including phenoxy) is 1. The van der Waals surface area contributed by atoms with Crippen LogP contribution in [0.25, 0.3) is 0 Å². The van der Waals surface area contributed by atoms with Crippen LogP contribution >= 0.6 is 11.6 Å². The third-order valence-corrected chi connectivity index (χ3v) is 4.69. The van der Waals surface area contributed by atoms with E-state index in [-0.39, 0.29) is 5.91 Å².